The van der Waals surface area contributed by atoms with Crippen molar-refractivity contribution in [3.05, 3.63) is 64.1 Å². The molecule has 2 N–H and O–H groups in total. The SMILES string of the molecule is O=C(NCCCn1ccccc1=O)c1cccc2c1NCCC2. The first-order chi connectivity index (χ1) is 11.3. The number of nitrogens with one attached hydrogen (secondary N) is 2. The fourth-order valence-corrected chi connectivity index (χ4v) is 2.89. The van der Waals surface area contributed by atoms with Crippen LogP contribution in [-0.4, -0.2) is 23.6 Å². The second-order valence-electron chi connectivity index (χ2n) is 5.71. The number of carbonyl (C=O) groups is 1. The zero-order valence-electron chi connectivity index (χ0n) is 13.0. The number of para-hydroxylation sites is 1. The highest BCUT2D eigenvalue weighted by Crippen LogP contribution is 2.25. The van der Waals surface area contributed by atoms with Crippen molar-refractivity contribution in [2.75, 3.05) is 18.4 Å². The van der Waals surface area contributed by atoms with Crippen LogP contribution in [0.4, 0.5) is 5.69 Å². The molecule has 0 spiro atoms. The molecule has 1 aromatic heterocycles. The molecule has 0 unspecified atom stereocenters. The van der Waals surface area contributed by atoms with Crippen LogP contribution in [0.15, 0.2) is 47.4 Å². The molecule has 1 amide bonds. The molecule has 3 rings (SSSR count). The van der Waals surface area contributed by atoms with Gasteiger partial charge in [0.15, 0.2) is 0 Å². The van der Waals surface area contributed by atoms with Crippen molar-refractivity contribution in [3.8, 4) is 0 Å². The molecule has 2 heterocycles. The van der Waals surface area contributed by atoms with Gasteiger partial charge in [0.2, 0.25) is 5.56 Å². The maximum absolute atomic E-state index is 12.4. The fourth-order valence-electron chi connectivity index (χ4n) is 2.89. The molecule has 1 aromatic carbocycles. The third-order valence-electron chi connectivity index (χ3n) is 4.08. The van der Waals surface area contributed by atoms with E-state index in [9.17, 15) is 9.59 Å². The Morgan fingerprint density at radius 3 is 3.00 bits per heavy atom. The number of fused-ring (bicyclic) bond motifs is 1. The fraction of sp³-hybridized carbons (Fsp3) is 0.333. The van der Waals surface area contributed by atoms with E-state index in [1.807, 2.05) is 18.2 Å². The maximum Gasteiger partial charge on any atom is 0.253 e. The third-order valence-corrected chi connectivity index (χ3v) is 4.08. The van der Waals surface area contributed by atoms with Crippen molar-refractivity contribution in [3.63, 3.8) is 0 Å². The predicted molar refractivity (Wildman–Crippen MR) is 90.9 cm³/mol. The van der Waals surface area contributed by atoms with Crippen molar-refractivity contribution in [2.24, 2.45) is 0 Å². The minimum Gasteiger partial charge on any atom is -0.384 e. The molecule has 0 bridgehead atoms. The van der Waals surface area contributed by atoms with E-state index in [0.29, 0.717) is 18.7 Å². The van der Waals surface area contributed by atoms with Gasteiger partial charge in [0.05, 0.1) is 11.3 Å². The van der Waals surface area contributed by atoms with E-state index in [-0.39, 0.29) is 11.5 Å². The zero-order valence-corrected chi connectivity index (χ0v) is 13.0. The first-order valence-electron chi connectivity index (χ1n) is 8.05. The van der Waals surface area contributed by atoms with Crippen molar-refractivity contribution >= 4 is 11.6 Å². The number of carbonyl (C=O) groups excluding carboxylic acids is 1. The first kappa shape index (κ1) is 15.3. The van der Waals surface area contributed by atoms with Gasteiger partial charge in [0, 0.05) is 31.9 Å². The molecule has 0 aliphatic carbocycles. The molecule has 2 aromatic rings. The van der Waals surface area contributed by atoms with Gasteiger partial charge >= 0.3 is 0 Å². The first-order valence-corrected chi connectivity index (χ1v) is 8.05. The Kier molecular flexibility index (Phi) is 4.76. The summed E-state index contributed by atoms with van der Waals surface area (Å²) in [7, 11) is 0. The lowest BCUT2D eigenvalue weighted by Crippen LogP contribution is -2.28. The number of amides is 1. The number of aromatic nitrogens is 1. The second-order valence-corrected chi connectivity index (χ2v) is 5.71. The minimum atomic E-state index is -0.0586. The summed E-state index contributed by atoms with van der Waals surface area (Å²) in [5, 5.41) is 6.27. The van der Waals surface area contributed by atoms with Crippen LogP contribution in [-0.2, 0) is 13.0 Å². The van der Waals surface area contributed by atoms with Crippen LogP contribution < -0.4 is 16.2 Å². The van der Waals surface area contributed by atoms with E-state index in [0.717, 1.165) is 31.5 Å². The van der Waals surface area contributed by atoms with E-state index in [1.165, 1.54) is 5.56 Å². The van der Waals surface area contributed by atoms with Crippen LogP contribution in [0.1, 0.15) is 28.8 Å². The molecular formula is C18H21N3O2. The summed E-state index contributed by atoms with van der Waals surface area (Å²) in [4.78, 5) is 24.0. The number of hydrogen-bond donors (Lipinski definition) is 2. The van der Waals surface area contributed by atoms with Crippen LogP contribution in [0.3, 0.4) is 0 Å². The van der Waals surface area contributed by atoms with Gasteiger partial charge in [-0.25, -0.2) is 0 Å². The van der Waals surface area contributed by atoms with Gasteiger partial charge in [-0.3, -0.25) is 9.59 Å². The third kappa shape index (κ3) is 3.62. The maximum atomic E-state index is 12.4. The van der Waals surface area contributed by atoms with Gasteiger partial charge in [-0.05, 0) is 37.0 Å². The Morgan fingerprint density at radius 1 is 1.22 bits per heavy atom. The highest BCUT2D eigenvalue weighted by molar-refractivity contribution is 6.00. The summed E-state index contributed by atoms with van der Waals surface area (Å²) in [5.74, 6) is -0.0586. The van der Waals surface area contributed by atoms with Crippen molar-refractivity contribution in [2.45, 2.75) is 25.8 Å². The summed E-state index contributed by atoms with van der Waals surface area (Å²) in [6.07, 6.45) is 4.60. The van der Waals surface area contributed by atoms with Gasteiger partial charge in [0.1, 0.15) is 0 Å². The van der Waals surface area contributed by atoms with Crippen molar-refractivity contribution < 1.29 is 4.79 Å². The summed E-state index contributed by atoms with van der Waals surface area (Å²) < 4.78 is 1.65. The second kappa shape index (κ2) is 7.13. The quantitative estimate of drug-likeness (QED) is 0.831. The molecule has 1 aliphatic heterocycles. The van der Waals surface area contributed by atoms with Crippen LogP contribution in [0.2, 0.25) is 0 Å². The molecule has 0 radical (unpaired) electrons. The zero-order chi connectivity index (χ0) is 16.1. The number of pyridine rings is 1. The average molecular weight is 311 g/mol. The molecule has 0 atom stereocenters. The standard InChI is InChI=1S/C18H21N3O2/c22-16-9-1-2-12-21(16)13-5-11-20-18(23)15-8-3-6-14-7-4-10-19-17(14)15/h1-3,6,8-9,12,19H,4-5,7,10-11,13H2,(H,20,23). The number of anilines is 1. The number of aryl methyl sites for hydroxylation is 2. The van der Waals surface area contributed by atoms with E-state index >= 15 is 0 Å². The van der Waals surface area contributed by atoms with Gasteiger partial charge in [0.25, 0.3) is 5.91 Å². The summed E-state index contributed by atoms with van der Waals surface area (Å²) in [6.45, 7) is 2.06. The Bertz CT molecular complexity index is 752. The van der Waals surface area contributed by atoms with Crippen LogP contribution in [0.25, 0.3) is 0 Å². The lowest BCUT2D eigenvalue weighted by Gasteiger charge is -2.20. The predicted octanol–water partition coefficient (Wildman–Crippen LogP) is 2.03. The van der Waals surface area contributed by atoms with E-state index in [2.05, 4.69) is 16.7 Å². The Labute approximate surface area is 135 Å². The summed E-state index contributed by atoms with van der Waals surface area (Å²) in [5.41, 5.74) is 2.87. The molecule has 5 heteroatoms. The van der Waals surface area contributed by atoms with Gasteiger partial charge < -0.3 is 15.2 Å². The van der Waals surface area contributed by atoms with Gasteiger partial charge in [-0.2, -0.15) is 0 Å². The minimum absolute atomic E-state index is 0.0137. The van der Waals surface area contributed by atoms with Gasteiger partial charge in [-0.15, -0.1) is 0 Å². The molecule has 120 valence electrons. The summed E-state index contributed by atoms with van der Waals surface area (Å²) in [6, 6.07) is 11.0. The topological polar surface area (TPSA) is 63.1 Å². The van der Waals surface area contributed by atoms with Crippen molar-refractivity contribution in [1.82, 2.24) is 9.88 Å². The van der Waals surface area contributed by atoms with E-state index in [1.54, 1.807) is 22.9 Å². The number of hydrogen-bond acceptors (Lipinski definition) is 3. The molecule has 5 nitrogen and oxygen atoms in total. The number of rotatable bonds is 5. The number of nitrogens with zero attached hydrogens (tertiary/aromatic N) is 1. The lowest BCUT2D eigenvalue weighted by molar-refractivity contribution is 0.0953. The number of benzene rings is 1. The van der Waals surface area contributed by atoms with Crippen molar-refractivity contribution in [1.29, 1.82) is 0 Å². The van der Waals surface area contributed by atoms with Crippen LogP contribution in [0.5, 0.6) is 0 Å². The average Bonchev–Trinajstić information content (AvgIpc) is 2.59. The molecule has 0 fully saturated rings. The molecular weight excluding hydrogens is 290 g/mol. The molecule has 0 saturated heterocycles. The van der Waals surface area contributed by atoms with Gasteiger partial charge in [-0.1, -0.05) is 18.2 Å². The van der Waals surface area contributed by atoms with Crippen LogP contribution in [0, 0.1) is 0 Å². The monoisotopic (exact) mass is 311 g/mol. The molecule has 1 aliphatic rings. The highest BCUT2D eigenvalue weighted by Gasteiger charge is 2.16. The highest BCUT2D eigenvalue weighted by atomic mass is 16.1. The lowest BCUT2D eigenvalue weighted by atomic mass is 9.99. The normalized spacial score (nSPS) is 13.0. The smallest absolute Gasteiger partial charge is 0.253 e. The largest absolute Gasteiger partial charge is 0.384 e. The Balaban J connectivity index is 1.56. The summed E-state index contributed by atoms with van der Waals surface area (Å²) >= 11 is 0. The molecule has 23 heavy (non-hydrogen) atoms. The Morgan fingerprint density at radius 2 is 2.13 bits per heavy atom. The van der Waals surface area contributed by atoms with Crippen LogP contribution >= 0.6 is 0 Å². The van der Waals surface area contributed by atoms with E-state index < -0.39 is 0 Å². The molecule has 0 saturated carbocycles. The van der Waals surface area contributed by atoms with E-state index in [4.69, 9.17) is 0 Å². The Hall–Kier alpha value is -2.56.